The van der Waals surface area contributed by atoms with Gasteiger partial charge in [0.2, 0.25) is 6.43 Å². The van der Waals surface area contributed by atoms with E-state index >= 15 is 0 Å². The fourth-order valence-electron chi connectivity index (χ4n) is 3.94. The number of hydrogen-bond acceptors (Lipinski definition) is 0. The molecule has 2 fully saturated rings. The number of allylic oxidation sites excluding steroid dienone is 2. The molecule has 0 radical (unpaired) electrons. The van der Waals surface area contributed by atoms with Crippen molar-refractivity contribution in [3.05, 3.63) is 12.2 Å². The van der Waals surface area contributed by atoms with Crippen molar-refractivity contribution in [2.45, 2.75) is 77.6 Å². The van der Waals surface area contributed by atoms with Gasteiger partial charge in [-0.1, -0.05) is 37.7 Å². The Labute approximate surface area is 134 Å². The van der Waals surface area contributed by atoms with Crippen molar-refractivity contribution in [2.75, 3.05) is 0 Å². The second kappa shape index (κ2) is 9.33. The van der Waals surface area contributed by atoms with Gasteiger partial charge in [-0.05, 0) is 69.3 Å². The van der Waals surface area contributed by atoms with Crippen molar-refractivity contribution in [3.63, 3.8) is 0 Å². The summed E-state index contributed by atoms with van der Waals surface area (Å²) in [5.41, 5.74) is 0. The summed E-state index contributed by atoms with van der Waals surface area (Å²) < 4.78 is 25.2. The molecule has 2 rings (SSSR count). The molecule has 0 N–H and O–H groups in total. The largest absolute Gasteiger partial charge is 0.241 e. The number of halogens is 2. The minimum atomic E-state index is -2.14. The van der Waals surface area contributed by atoms with Gasteiger partial charge >= 0.3 is 0 Å². The van der Waals surface area contributed by atoms with Gasteiger partial charge < -0.3 is 0 Å². The molecular weight excluding hydrogens is 278 g/mol. The standard InChI is InChI=1S/C20H30F2/c1-2-5-16-8-10-17(11-9-16)6-3-4-7-18-12-14-19(15-13-18)20(21)22/h3,6,16-20H,2,5,8-15H2,1H3/b6-3+/t16-,17-,18-,19-. The molecule has 0 atom stereocenters. The summed E-state index contributed by atoms with van der Waals surface area (Å²) in [6, 6.07) is 0. The molecule has 22 heavy (non-hydrogen) atoms. The van der Waals surface area contributed by atoms with E-state index in [1.165, 1.54) is 38.5 Å². The van der Waals surface area contributed by atoms with Gasteiger partial charge in [-0.15, -0.1) is 0 Å². The molecule has 2 aliphatic rings. The van der Waals surface area contributed by atoms with Crippen LogP contribution >= 0.6 is 0 Å². The highest BCUT2D eigenvalue weighted by Crippen LogP contribution is 2.33. The van der Waals surface area contributed by atoms with Crippen molar-refractivity contribution in [2.24, 2.45) is 23.7 Å². The first-order chi connectivity index (χ1) is 10.7. The fourth-order valence-corrected chi connectivity index (χ4v) is 3.94. The Kier molecular flexibility index (Phi) is 7.43. The van der Waals surface area contributed by atoms with Crippen LogP contribution in [0.1, 0.15) is 71.1 Å². The lowest BCUT2D eigenvalue weighted by molar-refractivity contribution is 0.0513. The van der Waals surface area contributed by atoms with Crippen molar-refractivity contribution in [1.82, 2.24) is 0 Å². The molecule has 0 nitrogen and oxygen atoms in total. The molecule has 0 unspecified atom stereocenters. The van der Waals surface area contributed by atoms with Gasteiger partial charge in [0.1, 0.15) is 0 Å². The van der Waals surface area contributed by atoms with Crippen LogP contribution in [0.3, 0.4) is 0 Å². The minimum absolute atomic E-state index is 0.333. The Morgan fingerprint density at radius 1 is 1.00 bits per heavy atom. The van der Waals surface area contributed by atoms with Crippen LogP contribution in [-0.4, -0.2) is 6.43 Å². The van der Waals surface area contributed by atoms with E-state index in [4.69, 9.17) is 0 Å². The lowest BCUT2D eigenvalue weighted by atomic mass is 9.80. The van der Waals surface area contributed by atoms with Crippen LogP contribution in [0.5, 0.6) is 0 Å². The highest BCUT2D eigenvalue weighted by Gasteiger charge is 2.26. The lowest BCUT2D eigenvalue weighted by Crippen LogP contribution is -2.19. The first-order valence-corrected chi connectivity index (χ1v) is 9.15. The van der Waals surface area contributed by atoms with E-state index in [9.17, 15) is 8.78 Å². The third-order valence-electron chi connectivity index (χ3n) is 5.46. The molecule has 0 heterocycles. The molecule has 0 aromatic carbocycles. The van der Waals surface area contributed by atoms with E-state index in [-0.39, 0.29) is 5.92 Å². The molecule has 0 aliphatic heterocycles. The first-order valence-electron chi connectivity index (χ1n) is 9.15. The summed E-state index contributed by atoms with van der Waals surface area (Å²) in [4.78, 5) is 0. The predicted molar refractivity (Wildman–Crippen MR) is 88.7 cm³/mol. The molecule has 2 saturated carbocycles. The summed E-state index contributed by atoms with van der Waals surface area (Å²) in [6.45, 7) is 2.27. The Balaban J connectivity index is 1.66. The topological polar surface area (TPSA) is 0 Å². The number of alkyl halides is 2. The smallest absolute Gasteiger partial charge is 0.210 e. The molecule has 0 amide bonds. The monoisotopic (exact) mass is 308 g/mol. The van der Waals surface area contributed by atoms with E-state index in [1.54, 1.807) is 0 Å². The van der Waals surface area contributed by atoms with E-state index < -0.39 is 6.43 Å². The minimum Gasteiger partial charge on any atom is -0.210 e. The molecular formula is C20H30F2. The molecule has 0 saturated heterocycles. The average molecular weight is 308 g/mol. The lowest BCUT2D eigenvalue weighted by Gasteiger charge is -2.26. The third-order valence-corrected chi connectivity index (χ3v) is 5.46. The summed E-state index contributed by atoms with van der Waals surface area (Å²) in [6.07, 6.45) is 13.2. The first kappa shape index (κ1) is 17.5. The number of hydrogen-bond donors (Lipinski definition) is 0. The zero-order chi connectivity index (χ0) is 15.8. The predicted octanol–water partition coefficient (Wildman–Crippen LogP) is 6.22. The average Bonchev–Trinajstić information content (AvgIpc) is 2.54. The SMILES string of the molecule is CCC[C@H]1CC[C@H](/C=C/C#C[C@H]2CC[C@H](C(F)F)CC2)CC1. The molecule has 0 aromatic rings. The Bertz CT molecular complexity index is 386. The zero-order valence-corrected chi connectivity index (χ0v) is 13.9. The van der Waals surface area contributed by atoms with Gasteiger partial charge in [0, 0.05) is 11.8 Å². The summed E-state index contributed by atoms with van der Waals surface area (Å²) >= 11 is 0. The highest BCUT2D eigenvalue weighted by molar-refractivity contribution is 5.18. The summed E-state index contributed by atoms with van der Waals surface area (Å²) in [5.74, 6) is 8.04. The Morgan fingerprint density at radius 2 is 1.68 bits per heavy atom. The zero-order valence-electron chi connectivity index (χ0n) is 13.9. The van der Waals surface area contributed by atoms with Crippen LogP contribution in [0, 0.1) is 35.5 Å². The van der Waals surface area contributed by atoms with Gasteiger partial charge in [-0.2, -0.15) is 0 Å². The van der Waals surface area contributed by atoms with Crippen LogP contribution in [0.25, 0.3) is 0 Å². The van der Waals surface area contributed by atoms with Crippen LogP contribution in [0.2, 0.25) is 0 Å². The fraction of sp³-hybridized carbons (Fsp3) is 0.800. The van der Waals surface area contributed by atoms with Crippen LogP contribution < -0.4 is 0 Å². The molecule has 2 aliphatic carbocycles. The van der Waals surface area contributed by atoms with E-state index in [0.29, 0.717) is 24.7 Å². The normalized spacial score (nSPS) is 32.9. The Morgan fingerprint density at radius 3 is 2.27 bits per heavy atom. The number of rotatable bonds is 4. The second-order valence-electron chi connectivity index (χ2n) is 7.16. The van der Waals surface area contributed by atoms with Crippen molar-refractivity contribution in [3.8, 4) is 11.8 Å². The molecule has 124 valence electrons. The third kappa shape index (κ3) is 5.75. The van der Waals surface area contributed by atoms with Gasteiger partial charge in [-0.3, -0.25) is 0 Å². The highest BCUT2D eigenvalue weighted by atomic mass is 19.3. The van der Waals surface area contributed by atoms with Gasteiger partial charge in [0.05, 0.1) is 0 Å². The van der Waals surface area contributed by atoms with Gasteiger partial charge in [0.15, 0.2) is 0 Å². The summed E-state index contributed by atoms with van der Waals surface area (Å²) in [5, 5.41) is 0. The molecule has 2 heteroatoms. The van der Waals surface area contributed by atoms with Crippen LogP contribution in [0.4, 0.5) is 8.78 Å². The van der Waals surface area contributed by atoms with Crippen LogP contribution in [0.15, 0.2) is 12.2 Å². The Hall–Kier alpha value is -0.840. The van der Waals surface area contributed by atoms with E-state index in [1.807, 2.05) is 6.08 Å². The van der Waals surface area contributed by atoms with Gasteiger partial charge in [0.25, 0.3) is 0 Å². The molecule has 0 spiro atoms. The van der Waals surface area contributed by atoms with Gasteiger partial charge in [-0.25, -0.2) is 8.78 Å². The van der Waals surface area contributed by atoms with E-state index in [2.05, 4.69) is 24.8 Å². The molecule has 0 bridgehead atoms. The summed E-state index contributed by atoms with van der Waals surface area (Å²) in [7, 11) is 0. The van der Waals surface area contributed by atoms with E-state index in [0.717, 1.165) is 18.8 Å². The maximum atomic E-state index is 12.6. The van der Waals surface area contributed by atoms with Crippen molar-refractivity contribution < 1.29 is 8.78 Å². The second-order valence-corrected chi connectivity index (χ2v) is 7.16. The van der Waals surface area contributed by atoms with Crippen LogP contribution in [-0.2, 0) is 0 Å². The van der Waals surface area contributed by atoms with Crippen molar-refractivity contribution >= 4 is 0 Å². The quantitative estimate of drug-likeness (QED) is 0.540. The maximum absolute atomic E-state index is 12.6. The molecule has 0 aromatic heterocycles. The van der Waals surface area contributed by atoms with Crippen molar-refractivity contribution in [1.29, 1.82) is 0 Å². The maximum Gasteiger partial charge on any atom is 0.241 e.